The van der Waals surface area contributed by atoms with Crippen LogP contribution in [0.25, 0.3) is 11.2 Å². The molecule has 0 aliphatic carbocycles. The third-order valence-corrected chi connectivity index (χ3v) is 3.58. The highest BCUT2D eigenvalue weighted by Gasteiger charge is 2.46. The van der Waals surface area contributed by atoms with Crippen molar-refractivity contribution in [1.82, 2.24) is 14.5 Å². The van der Waals surface area contributed by atoms with E-state index in [9.17, 15) is 15.0 Å². The van der Waals surface area contributed by atoms with Crippen LogP contribution < -0.4 is 32.8 Å². The summed E-state index contributed by atoms with van der Waals surface area (Å²) in [5, 5.41) is 29.0. The summed E-state index contributed by atoms with van der Waals surface area (Å²) in [4.78, 5) is 18.3. The zero-order chi connectivity index (χ0) is 15.3. The molecule has 11 heteroatoms. The molecule has 0 spiro atoms. The Hall–Kier alpha value is -1.53. The summed E-state index contributed by atoms with van der Waals surface area (Å²) in [5.74, 6) is -0.0702. The van der Waals surface area contributed by atoms with Gasteiger partial charge in [-0.25, -0.2) is 4.57 Å². The number of aliphatic hydroxyl groups is 3. The predicted octanol–water partition coefficient (Wildman–Crippen LogP) is -6.25. The van der Waals surface area contributed by atoms with Gasteiger partial charge in [0.15, 0.2) is 6.33 Å². The number of hydrogen-bond donors (Lipinski definition) is 5. The van der Waals surface area contributed by atoms with Crippen molar-refractivity contribution in [3.8, 4) is 0 Å². The Morgan fingerprint density at radius 2 is 2.18 bits per heavy atom. The maximum atomic E-state index is 11.9. The van der Waals surface area contributed by atoms with Crippen molar-refractivity contribution in [3.05, 3.63) is 16.7 Å². The quantitative estimate of drug-likeness (QED) is 0.326. The highest BCUT2D eigenvalue weighted by molar-refractivity contribution is 5.67. The number of aryl methyl sites for hydroxylation is 1. The third-order valence-electron chi connectivity index (χ3n) is 3.58. The third kappa shape index (κ3) is 2.40. The van der Waals surface area contributed by atoms with Gasteiger partial charge in [-0.2, -0.15) is 0 Å². The number of H-pyrrole nitrogens is 1. The van der Waals surface area contributed by atoms with Crippen LogP contribution >= 0.6 is 0 Å². The number of aromatic amines is 1. The Morgan fingerprint density at radius 1 is 1.50 bits per heavy atom. The average Bonchev–Trinajstić information content (AvgIpc) is 2.89. The number of imidazole rings is 1. The van der Waals surface area contributed by atoms with E-state index in [0.29, 0.717) is 0 Å². The number of fused-ring (bicyclic) bond motifs is 1. The van der Waals surface area contributed by atoms with Crippen molar-refractivity contribution in [2.45, 2.75) is 24.5 Å². The maximum absolute atomic E-state index is 11.9. The number of nitrogen functional groups attached to an aromatic ring is 1. The van der Waals surface area contributed by atoms with Gasteiger partial charge < -0.3 is 42.8 Å². The number of nitrogens with one attached hydrogen (secondary N) is 1. The molecule has 3 rings (SSSR count). The van der Waals surface area contributed by atoms with E-state index in [0.717, 1.165) is 0 Å². The molecule has 0 unspecified atom stereocenters. The van der Waals surface area contributed by atoms with Gasteiger partial charge in [0.1, 0.15) is 18.3 Å². The molecule has 22 heavy (non-hydrogen) atoms. The van der Waals surface area contributed by atoms with Crippen LogP contribution in [0, 0.1) is 0 Å². The normalized spacial score (nSPS) is 28.0. The van der Waals surface area contributed by atoms with Gasteiger partial charge in [-0.3, -0.25) is 14.3 Å². The zero-order valence-electron chi connectivity index (χ0n) is 11.5. The molecule has 3 heterocycles. The van der Waals surface area contributed by atoms with Crippen LogP contribution in [-0.2, 0) is 11.8 Å². The fourth-order valence-electron chi connectivity index (χ4n) is 2.57. The smallest absolute Gasteiger partial charge is 0.313 e. The second kappa shape index (κ2) is 5.93. The van der Waals surface area contributed by atoms with Gasteiger partial charge in [-0.15, -0.1) is 0 Å². The molecule has 1 fully saturated rings. The first-order valence-electron chi connectivity index (χ1n) is 6.32. The number of halogens is 1. The number of aromatic nitrogens is 4. The molecule has 122 valence electrons. The molecule has 2 aromatic rings. The van der Waals surface area contributed by atoms with Crippen LogP contribution in [0.2, 0.25) is 0 Å². The molecule has 6 N–H and O–H groups in total. The van der Waals surface area contributed by atoms with Crippen LogP contribution in [0.3, 0.4) is 0 Å². The van der Waals surface area contributed by atoms with Gasteiger partial charge in [0.25, 0.3) is 11.5 Å². The fourth-order valence-corrected chi connectivity index (χ4v) is 2.57. The van der Waals surface area contributed by atoms with Crippen LogP contribution in [0.15, 0.2) is 11.1 Å². The van der Waals surface area contributed by atoms with Crippen molar-refractivity contribution < 1.29 is 41.6 Å². The molecule has 0 aromatic carbocycles. The SMILES string of the molecule is Cn1c[n+]([C@@H]2O[C@H](CO)[C@@H](O)[C@H]2O)c2nc(N)[nH]c(=O)c21.[Br-]. The zero-order valence-corrected chi connectivity index (χ0v) is 13.1. The Morgan fingerprint density at radius 3 is 2.77 bits per heavy atom. The summed E-state index contributed by atoms with van der Waals surface area (Å²) < 4.78 is 8.35. The van der Waals surface area contributed by atoms with Crippen LogP contribution in [0.1, 0.15) is 6.23 Å². The summed E-state index contributed by atoms with van der Waals surface area (Å²) >= 11 is 0. The average molecular weight is 378 g/mol. The molecular weight excluding hydrogens is 362 g/mol. The lowest BCUT2D eigenvalue weighted by Crippen LogP contribution is -3.00. The van der Waals surface area contributed by atoms with E-state index in [2.05, 4.69) is 9.97 Å². The number of ether oxygens (including phenoxy) is 1. The van der Waals surface area contributed by atoms with E-state index in [4.69, 9.17) is 15.6 Å². The molecule has 1 saturated heterocycles. The van der Waals surface area contributed by atoms with Gasteiger partial charge in [0, 0.05) is 0 Å². The van der Waals surface area contributed by atoms with E-state index in [1.165, 1.54) is 15.5 Å². The van der Waals surface area contributed by atoms with E-state index in [1.807, 2.05) is 0 Å². The van der Waals surface area contributed by atoms with Crippen LogP contribution in [0.4, 0.5) is 5.95 Å². The molecule has 4 atom stereocenters. The van der Waals surface area contributed by atoms with E-state index >= 15 is 0 Å². The van der Waals surface area contributed by atoms with Crippen LogP contribution in [-0.4, -0.2) is 54.8 Å². The number of anilines is 1. The van der Waals surface area contributed by atoms with Crippen molar-refractivity contribution in [3.63, 3.8) is 0 Å². The number of nitrogens with zero attached hydrogens (tertiary/aromatic N) is 3. The lowest BCUT2D eigenvalue weighted by atomic mass is 10.1. The highest BCUT2D eigenvalue weighted by atomic mass is 79.9. The lowest BCUT2D eigenvalue weighted by Gasteiger charge is -2.11. The first-order chi connectivity index (χ1) is 9.93. The molecule has 1 aliphatic heterocycles. The number of rotatable bonds is 2. The van der Waals surface area contributed by atoms with Gasteiger partial charge in [0.05, 0.1) is 13.7 Å². The molecule has 0 amide bonds. The minimum absolute atomic E-state index is 0. The minimum Gasteiger partial charge on any atom is -1.00 e. The summed E-state index contributed by atoms with van der Waals surface area (Å²) in [7, 11) is 1.63. The largest absolute Gasteiger partial charge is 1.00 e. The molecule has 1 aliphatic rings. The van der Waals surface area contributed by atoms with Crippen molar-refractivity contribution in [2.24, 2.45) is 7.05 Å². The molecule has 0 radical (unpaired) electrons. The second-order valence-corrected chi connectivity index (χ2v) is 4.99. The standard InChI is InChI=1S/C11H15N5O5.BrH/c1-15-3-16(8-5(15)9(20)14-11(12)13-8)10-7(19)6(18)4(2-17)21-10;/h3-4,6-7,10,17-19H,2H2,1H3,(H2-,12,13,14,20);1H/t4-,6-,7-,10-;/m1./s1. The first-order valence-corrected chi connectivity index (χ1v) is 6.32. The Balaban J connectivity index is 0.00000176. The topological polar surface area (TPSA) is 150 Å². The number of nitrogens with two attached hydrogens (primary N) is 1. The van der Waals surface area contributed by atoms with Crippen molar-refractivity contribution in [1.29, 1.82) is 0 Å². The van der Waals surface area contributed by atoms with Crippen molar-refractivity contribution in [2.75, 3.05) is 12.3 Å². The molecule has 2 aromatic heterocycles. The van der Waals surface area contributed by atoms with Gasteiger partial charge in [-0.05, 0) is 0 Å². The first kappa shape index (κ1) is 16.8. The molecule has 10 nitrogen and oxygen atoms in total. The van der Waals surface area contributed by atoms with E-state index in [1.54, 1.807) is 7.05 Å². The summed E-state index contributed by atoms with van der Waals surface area (Å²) in [6.07, 6.45) is -2.88. The second-order valence-electron chi connectivity index (χ2n) is 4.99. The minimum atomic E-state index is -1.26. The summed E-state index contributed by atoms with van der Waals surface area (Å²) in [5.41, 5.74) is 5.58. The van der Waals surface area contributed by atoms with Gasteiger partial charge in [0.2, 0.25) is 11.7 Å². The summed E-state index contributed by atoms with van der Waals surface area (Å²) in [6, 6.07) is 0. The van der Waals surface area contributed by atoms with Crippen molar-refractivity contribution >= 4 is 17.1 Å². The molecule has 0 saturated carbocycles. The molecule has 0 bridgehead atoms. The number of hydrogen-bond acceptors (Lipinski definition) is 7. The monoisotopic (exact) mass is 377 g/mol. The fraction of sp³-hybridized carbons (Fsp3) is 0.545. The Labute approximate surface area is 134 Å². The van der Waals surface area contributed by atoms with Gasteiger partial charge >= 0.3 is 5.65 Å². The predicted molar refractivity (Wildman–Crippen MR) is 69.0 cm³/mol. The summed E-state index contributed by atoms with van der Waals surface area (Å²) in [6.45, 7) is -0.434. The lowest BCUT2D eigenvalue weighted by molar-refractivity contribution is -0.745. The van der Waals surface area contributed by atoms with E-state index in [-0.39, 0.29) is 34.1 Å². The maximum Gasteiger partial charge on any atom is 0.313 e. The van der Waals surface area contributed by atoms with E-state index < -0.39 is 36.7 Å². The highest BCUT2D eigenvalue weighted by Crippen LogP contribution is 2.26. The van der Waals surface area contributed by atoms with Crippen LogP contribution in [0.5, 0.6) is 0 Å². The van der Waals surface area contributed by atoms with Gasteiger partial charge in [-0.1, -0.05) is 4.98 Å². The Bertz CT molecular complexity index is 746. The molecular formula is C11H16BrN5O5. The number of aliphatic hydroxyl groups excluding tert-OH is 3. The Kier molecular flexibility index (Phi) is 4.54.